The van der Waals surface area contributed by atoms with Crippen LogP contribution in [0.3, 0.4) is 0 Å². The van der Waals surface area contributed by atoms with Crippen molar-refractivity contribution >= 4 is 23.3 Å². The minimum absolute atomic E-state index is 0.0906. The maximum absolute atomic E-state index is 13.9. The van der Waals surface area contributed by atoms with Gasteiger partial charge in [-0.3, -0.25) is 9.59 Å². The molecule has 33 heavy (non-hydrogen) atoms. The molecule has 1 amide bonds. The summed E-state index contributed by atoms with van der Waals surface area (Å²) >= 11 is 0. The number of likely N-dealkylation sites (N-methyl/N-ethyl adjacent to an activating group) is 1. The Balaban J connectivity index is 1.76. The van der Waals surface area contributed by atoms with Crippen LogP contribution in [0.15, 0.2) is 77.4 Å². The molecule has 1 aliphatic carbocycles. The number of benzene rings is 2. The zero-order chi connectivity index (χ0) is 23.3. The molecule has 2 atom stereocenters. The van der Waals surface area contributed by atoms with Gasteiger partial charge in [0.2, 0.25) is 11.8 Å². The highest BCUT2D eigenvalue weighted by Crippen LogP contribution is 2.56. The van der Waals surface area contributed by atoms with Gasteiger partial charge in [-0.1, -0.05) is 48.5 Å². The van der Waals surface area contributed by atoms with E-state index in [2.05, 4.69) is 0 Å². The van der Waals surface area contributed by atoms with E-state index in [1.165, 1.54) is 4.90 Å². The molecule has 2 aromatic carbocycles. The largest absolute Gasteiger partial charge is 0.462 e. The number of ketones is 1. The number of nitrogens with two attached hydrogens (primary N) is 1. The number of hydrogen-bond donors (Lipinski definition) is 1. The molecule has 0 aromatic heterocycles. The number of hydrogen-bond acceptors (Lipinski definition) is 6. The average Bonchev–Trinajstić information content (AvgIpc) is 3.02. The third kappa shape index (κ3) is 2.85. The molecule has 0 bridgehead atoms. The Morgan fingerprint density at radius 3 is 2.55 bits per heavy atom. The lowest BCUT2D eigenvalue weighted by Gasteiger charge is -2.40. The number of anilines is 1. The number of esters is 1. The summed E-state index contributed by atoms with van der Waals surface area (Å²) in [7, 11) is 1.63. The lowest BCUT2D eigenvalue weighted by molar-refractivity contribution is -0.141. The van der Waals surface area contributed by atoms with Gasteiger partial charge in [-0.2, -0.15) is 0 Å². The van der Waals surface area contributed by atoms with Crippen molar-refractivity contribution in [3.8, 4) is 0 Å². The van der Waals surface area contributed by atoms with Crippen molar-refractivity contribution in [2.45, 2.75) is 31.1 Å². The van der Waals surface area contributed by atoms with Crippen molar-refractivity contribution in [3.63, 3.8) is 0 Å². The van der Waals surface area contributed by atoms with Gasteiger partial charge in [0.1, 0.15) is 16.7 Å². The molecule has 5 rings (SSSR count). The van der Waals surface area contributed by atoms with Crippen LogP contribution in [0.1, 0.15) is 36.8 Å². The summed E-state index contributed by atoms with van der Waals surface area (Å²) < 4.78 is 11.2. The SMILES string of the molecule is CCOC(=O)C1=C(N)OC2=C(C(=O)C[C@@H](c3ccccc3)C2)[C@@]12C(=O)N(C)c1ccccc12. The average molecular weight is 444 g/mol. The monoisotopic (exact) mass is 444 g/mol. The highest BCUT2D eigenvalue weighted by molar-refractivity contribution is 6.23. The normalized spacial score (nSPS) is 24.1. The Morgan fingerprint density at radius 1 is 1.12 bits per heavy atom. The maximum atomic E-state index is 13.9. The molecule has 2 aliphatic heterocycles. The number of nitrogens with zero attached hydrogens (tertiary/aromatic N) is 1. The second-order valence-electron chi connectivity index (χ2n) is 8.43. The summed E-state index contributed by atoms with van der Waals surface area (Å²) in [5.74, 6) is -1.40. The number of carbonyl (C=O) groups excluding carboxylic acids is 3. The van der Waals surface area contributed by atoms with E-state index in [0.29, 0.717) is 23.4 Å². The number of ether oxygens (including phenoxy) is 2. The van der Waals surface area contributed by atoms with Crippen LogP contribution in [-0.4, -0.2) is 31.3 Å². The Morgan fingerprint density at radius 2 is 1.82 bits per heavy atom. The fraction of sp³-hybridized carbons (Fsp3) is 0.269. The van der Waals surface area contributed by atoms with Crippen LogP contribution in [0.2, 0.25) is 0 Å². The van der Waals surface area contributed by atoms with Crippen LogP contribution in [-0.2, 0) is 29.3 Å². The minimum Gasteiger partial charge on any atom is -0.462 e. The van der Waals surface area contributed by atoms with Crippen LogP contribution >= 0.6 is 0 Å². The van der Waals surface area contributed by atoms with Crippen molar-refractivity contribution < 1.29 is 23.9 Å². The first kappa shape index (κ1) is 21.0. The van der Waals surface area contributed by atoms with Gasteiger partial charge in [-0.25, -0.2) is 4.79 Å². The smallest absolute Gasteiger partial charge is 0.341 e. The Bertz CT molecular complexity index is 1250. The molecule has 2 aromatic rings. The quantitative estimate of drug-likeness (QED) is 0.731. The number of amides is 1. The number of fused-ring (bicyclic) bond motifs is 3. The van der Waals surface area contributed by atoms with E-state index >= 15 is 0 Å². The topological polar surface area (TPSA) is 98.9 Å². The fourth-order valence-corrected chi connectivity index (χ4v) is 5.34. The number of allylic oxidation sites excluding steroid dienone is 1. The molecule has 168 valence electrons. The third-order valence-corrected chi connectivity index (χ3v) is 6.70. The number of para-hydroxylation sites is 1. The molecule has 1 spiro atoms. The van der Waals surface area contributed by atoms with E-state index in [1.807, 2.05) is 36.4 Å². The second-order valence-corrected chi connectivity index (χ2v) is 8.43. The summed E-state index contributed by atoms with van der Waals surface area (Å²) in [5, 5.41) is 0. The number of rotatable bonds is 3. The number of Topliss-reactive ketones (excluding diaryl/α,β-unsaturated/α-hetero) is 1. The highest BCUT2D eigenvalue weighted by atomic mass is 16.5. The highest BCUT2D eigenvalue weighted by Gasteiger charge is 2.63. The molecule has 0 unspecified atom stereocenters. The lowest BCUT2D eigenvalue weighted by atomic mass is 9.63. The van der Waals surface area contributed by atoms with Crippen molar-refractivity contribution in [2.24, 2.45) is 5.73 Å². The Labute approximate surface area is 191 Å². The molecule has 2 heterocycles. The first-order chi connectivity index (χ1) is 15.9. The van der Waals surface area contributed by atoms with Crippen LogP contribution in [0.25, 0.3) is 0 Å². The van der Waals surface area contributed by atoms with Gasteiger partial charge in [0, 0.05) is 31.1 Å². The van der Waals surface area contributed by atoms with E-state index in [1.54, 1.807) is 32.2 Å². The first-order valence-corrected chi connectivity index (χ1v) is 11.0. The zero-order valence-corrected chi connectivity index (χ0v) is 18.5. The van der Waals surface area contributed by atoms with Crippen LogP contribution in [0, 0.1) is 0 Å². The fourth-order valence-electron chi connectivity index (χ4n) is 5.34. The van der Waals surface area contributed by atoms with E-state index in [9.17, 15) is 14.4 Å². The molecule has 7 nitrogen and oxygen atoms in total. The van der Waals surface area contributed by atoms with Gasteiger partial charge in [0.25, 0.3) is 0 Å². The Kier molecular flexibility index (Phi) is 4.85. The van der Waals surface area contributed by atoms with E-state index in [0.717, 1.165) is 5.56 Å². The van der Waals surface area contributed by atoms with E-state index in [4.69, 9.17) is 15.2 Å². The third-order valence-electron chi connectivity index (χ3n) is 6.70. The lowest BCUT2D eigenvalue weighted by Crippen LogP contribution is -2.51. The first-order valence-electron chi connectivity index (χ1n) is 11.0. The van der Waals surface area contributed by atoms with Crippen LogP contribution < -0.4 is 10.6 Å². The van der Waals surface area contributed by atoms with Gasteiger partial charge in [0.15, 0.2) is 5.78 Å². The van der Waals surface area contributed by atoms with Crippen molar-refractivity contribution in [1.29, 1.82) is 0 Å². The predicted molar refractivity (Wildman–Crippen MR) is 121 cm³/mol. The van der Waals surface area contributed by atoms with Crippen molar-refractivity contribution in [2.75, 3.05) is 18.6 Å². The van der Waals surface area contributed by atoms with Gasteiger partial charge in [-0.05, 0) is 24.5 Å². The molecule has 7 heteroatoms. The summed E-state index contributed by atoms with van der Waals surface area (Å²) in [6, 6.07) is 16.8. The predicted octanol–water partition coefficient (Wildman–Crippen LogP) is 3.07. The molecule has 0 fully saturated rings. The standard InChI is InChI=1S/C26H24N2O5/c1-3-32-24(30)22-23(27)33-20-14-16(15-9-5-4-6-10-15)13-19(29)21(20)26(22)17-11-7-8-12-18(17)28(2)25(26)31/h4-12,16H,3,13-14,27H2,1-2H3/t16-,26-/m1/s1. The van der Waals surface area contributed by atoms with Gasteiger partial charge in [-0.15, -0.1) is 0 Å². The summed E-state index contributed by atoms with van der Waals surface area (Å²) in [5.41, 5.74) is 6.83. The molecule has 0 radical (unpaired) electrons. The molecule has 0 saturated heterocycles. The molecule has 2 N–H and O–H groups in total. The summed E-state index contributed by atoms with van der Waals surface area (Å²) in [6.45, 7) is 1.76. The summed E-state index contributed by atoms with van der Waals surface area (Å²) in [6.07, 6.45) is 0.589. The summed E-state index contributed by atoms with van der Waals surface area (Å²) in [4.78, 5) is 42.3. The van der Waals surface area contributed by atoms with Crippen LogP contribution in [0.5, 0.6) is 0 Å². The Hall–Kier alpha value is -3.87. The molecular formula is C26H24N2O5. The van der Waals surface area contributed by atoms with Crippen molar-refractivity contribution in [1.82, 2.24) is 0 Å². The number of carbonyl (C=O) groups is 3. The molecule has 3 aliphatic rings. The van der Waals surface area contributed by atoms with E-state index < -0.39 is 17.3 Å². The van der Waals surface area contributed by atoms with Gasteiger partial charge < -0.3 is 20.1 Å². The molecule has 0 saturated carbocycles. The van der Waals surface area contributed by atoms with Crippen LogP contribution in [0.4, 0.5) is 5.69 Å². The van der Waals surface area contributed by atoms with Gasteiger partial charge >= 0.3 is 5.97 Å². The van der Waals surface area contributed by atoms with Crippen molar-refractivity contribution in [3.05, 3.63) is 88.5 Å². The maximum Gasteiger partial charge on any atom is 0.341 e. The second kappa shape index (κ2) is 7.62. The zero-order valence-electron chi connectivity index (χ0n) is 18.5. The molecular weight excluding hydrogens is 420 g/mol. The van der Waals surface area contributed by atoms with E-state index in [-0.39, 0.29) is 41.8 Å². The van der Waals surface area contributed by atoms with Gasteiger partial charge in [0.05, 0.1) is 12.2 Å². The minimum atomic E-state index is -1.69.